The van der Waals surface area contributed by atoms with Gasteiger partial charge in [-0.1, -0.05) is 18.7 Å². The van der Waals surface area contributed by atoms with E-state index in [4.69, 9.17) is 14.2 Å². The first kappa shape index (κ1) is 17.5. The lowest BCUT2D eigenvalue weighted by molar-refractivity contribution is -0.140. The molecule has 1 aromatic rings. The number of hydrogen-bond donors (Lipinski definition) is 0. The van der Waals surface area contributed by atoms with E-state index in [0.29, 0.717) is 12.0 Å². The Morgan fingerprint density at radius 2 is 1.77 bits per heavy atom. The monoisotopic (exact) mass is 304 g/mol. The van der Waals surface area contributed by atoms with Crippen LogP contribution in [0.2, 0.25) is 0 Å². The Kier molecular flexibility index (Phi) is 7.47. The van der Waals surface area contributed by atoms with Gasteiger partial charge in [0.1, 0.15) is 5.75 Å². The van der Waals surface area contributed by atoms with Crippen molar-refractivity contribution in [2.75, 3.05) is 20.3 Å². The van der Waals surface area contributed by atoms with Crippen LogP contribution in [-0.2, 0) is 19.1 Å². The summed E-state index contributed by atoms with van der Waals surface area (Å²) in [6, 6.07) is 7.28. The van der Waals surface area contributed by atoms with Gasteiger partial charge >= 0.3 is 11.9 Å². The van der Waals surface area contributed by atoms with Crippen LogP contribution in [0.3, 0.4) is 0 Å². The zero-order valence-electron chi connectivity index (χ0n) is 12.8. The van der Waals surface area contributed by atoms with Gasteiger partial charge in [-0.05, 0) is 30.7 Å². The van der Waals surface area contributed by atoms with Gasteiger partial charge in [-0.2, -0.15) is 0 Å². The van der Waals surface area contributed by atoms with Gasteiger partial charge in [0.2, 0.25) is 0 Å². The normalized spacial score (nSPS) is 10.3. The van der Waals surface area contributed by atoms with Crippen LogP contribution in [-0.4, -0.2) is 32.3 Å². The van der Waals surface area contributed by atoms with Gasteiger partial charge in [0.15, 0.2) is 0 Å². The van der Waals surface area contributed by atoms with Crippen LogP contribution < -0.4 is 4.74 Å². The molecule has 1 aromatic carbocycles. The fraction of sp³-hybridized carbons (Fsp3) is 0.294. The average Bonchev–Trinajstić information content (AvgIpc) is 2.52. The summed E-state index contributed by atoms with van der Waals surface area (Å²) < 4.78 is 14.9. The molecule has 0 heterocycles. The molecule has 0 N–H and O–H groups in total. The lowest BCUT2D eigenvalue weighted by Crippen LogP contribution is -2.09. The van der Waals surface area contributed by atoms with Crippen LogP contribution in [0.4, 0.5) is 0 Å². The number of hydrogen-bond acceptors (Lipinski definition) is 5. The van der Waals surface area contributed by atoms with Gasteiger partial charge in [0.25, 0.3) is 0 Å². The summed E-state index contributed by atoms with van der Waals surface area (Å²) in [5.74, 6) is -0.128. The minimum atomic E-state index is -0.443. The molecule has 0 amide bonds. The highest BCUT2D eigenvalue weighted by atomic mass is 16.5. The van der Waals surface area contributed by atoms with Crippen molar-refractivity contribution in [3.8, 4) is 5.75 Å². The maximum Gasteiger partial charge on any atom is 0.333 e. The number of rotatable bonds is 8. The summed E-state index contributed by atoms with van der Waals surface area (Å²) in [6.07, 6.45) is 3.45. The van der Waals surface area contributed by atoms with E-state index in [1.54, 1.807) is 32.2 Å². The van der Waals surface area contributed by atoms with Crippen molar-refractivity contribution in [3.63, 3.8) is 0 Å². The zero-order chi connectivity index (χ0) is 16.4. The first-order valence-corrected chi connectivity index (χ1v) is 6.84. The van der Waals surface area contributed by atoms with Crippen LogP contribution in [0.25, 0.3) is 6.08 Å². The fourth-order valence-corrected chi connectivity index (χ4v) is 1.45. The molecule has 0 aliphatic rings. The number of esters is 2. The number of carbonyl (C=O) groups is 2. The van der Waals surface area contributed by atoms with Crippen LogP contribution in [0.1, 0.15) is 18.9 Å². The number of ether oxygens (including phenoxy) is 3. The van der Waals surface area contributed by atoms with Crippen molar-refractivity contribution in [2.24, 2.45) is 0 Å². The van der Waals surface area contributed by atoms with E-state index in [1.165, 1.54) is 6.08 Å². The Morgan fingerprint density at radius 1 is 1.14 bits per heavy atom. The van der Waals surface area contributed by atoms with E-state index >= 15 is 0 Å². The van der Waals surface area contributed by atoms with Crippen molar-refractivity contribution < 1.29 is 23.8 Å². The molecule has 0 unspecified atom stereocenters. The Balaban J connectivity index is 2.23. The average molecular weight is 304 g/mol. The molecule has 0 saturated heterocycles. The molecule has 0 atom stereocenters. The van der Waals surface area contributed by atoms with Crippen molar-refractivity contribution in [1.29, 1.82) is 0 Å². The van der Waals surface area contributed by atoms with Gasteiger partial charge in [-0.25, -0.2) is 9.59 Å². The molecule has 0 spiro atoms. The largest absolute Gasteiger partial charge is 0.497 e. The Labute approximate surface area is 130 Å². The van der Waals surface area contributed by atoms with Crippen LogP contribution in [0, 0.1) is 0 Å². The van der Waals surface area contributed by atoms with Crippen molar-refractivity contribution in [1.82, 2.24) is 0 Å². The highest BCUT2D eigenvalue weighted by Crippen LogP contribution is 2.12. The summed E-state index contributed by atoms with van der Waals surface area (Å²) in [5.41, 5.74) is 1.22. The van der Waals surface area contributed by atoms with Gasteiger partial charge < -0.3 is 14.2 Å². The standard InChI is InChI=1S/C17H20O5/c1-13(2)17(19)22-12-4-11-21-16(18)10-7-14-5-8-15(20-3)9-6-14/h5-10H,1,4,11-12H2,2-3H3/b10-7+. The van der Waals surface area contributed by atoms with Crippen LogP contribution in [0.5, 0.6) is 5.75 Å². The van der Waals surface area contributed by atoms with Gasteiger partial charge in [-0.3, -0.25) is 0 Å². The lowest BCUT2D eigenvalue weighted by Gasteiger charge is -2.04. The van der Waals surface area contributed by atoms with Crippen molar-refractivity contribution >= 4 is 18.0 Å². The fourth-order valence-electron chi connectivity index (χ4n) is 1.45. The smallest absolute Gasteiger partial charge is 0.333 e. The third-order valence-electron chi connectivity index (χ3n) is 2.64. The summed E-state index contributed by atoms with van der Waals surface area (Å²) >= 11 is 0. The Morgan fingerprint density at radius 3 is 2.36 bits per heavy atom. The molecule has 0 saturated carbocycles. The Bertz CT molecular complexity index is 543. The van der Waals surface area contributed by atoms with E-state index in [-0.39, 0.29) is 13.2 Å². The number of methoxy groups -OCH3 is 1. The van der Waals surface area contributed by atoms with E-state index in [1.807, 2.05) is 12.1 Å². The molecular formula is C17H20O5. The molecule has 0 fully saturated rings. The molecule has 5 nitrogen and oxygen atoms in total. The minimum absolute atomic E-state index is 0.190. The van der Waals surface area contributed by atoms with Crippen molar-refractivity contribution in [2.45, 2.75) is 13.3 Å². The summed E-state index contributed by atoms with van der Waals surface area (Å²) in [7, 11) is 1.59. The van der Waals surface area contributed by atoms with E-state index in [2.05, 4.69) is 6.58 Å². The predicted molar refractivity (Wildman–Crippen MR) is 83.4 cm³/mol. The molecule has 118 valence electrons. The SMILES string of the molecule is C=C(C)C(=O)OCCCOC(=O)/C=C/c1ccc(OC)cc1. The topological polar surface area (TPSA) is 61.8 Å². The second-order valence-electron chi connectivity index (χ2n) is 4.54. The Hall–Kier alpha value is -2.56. The van der Waals surface area contributed by atoms with E-state index in [0.717, 1.165) is 11.3 Å². The van der Waals surface area contributed by atoms with Crippen molar-refractivity contribution in [3.05, 3.63) is 48.1 Å². The third-order valence-corrected chi connectivity index (χ3v) is 2.64. The van der Waals surface area contributed by atoms with Gasteiger partial charge in [-0.15, -0.1) is 0 Å². The summed E-state index contributed by atoms with van der Waals surface area (Å²) in [4.78, 5) is 22.6. The lowest BCUT2D eigenvalue weighted by atomic mass is 10.2. The van der Waals surface area contributed by atoms with Gasteiger partial charge in [0, 0.05) is 18.1 Å². The highest BCUT2D eigenvalue weighted by molar-refractivity contribution is 5.87. The first-order chi connectivity index (χ1) is 10.5. The minimum Gasteiger partial charge on any atom is -0.497 e. The van der Waals surface area contributed by atoms with Crippen LogP contribution >= 0.6 is 0 Å². The zero-order valence-corrected chi connectivity index (χ0v) is 12.8. The molecule has 0 radical (unpaired) electrons. The van der Waals surface area contributed by atoms with Gasteiger partial charge in [0.05, 0.1) is 20.3 Å². The predicted octanol–water partition coefficient (Wildman–Crippen LogP) is 2.76. The molecule has 5 heteroatoms. The summed E-state index contributed by atoms with van der Waals surface area (Å²) in [6.45, 7) is 5.43. The second kappa shape index (κ2) is 9.39. The maximum atomic E-state index is 11.5. The molecule has 0 aromatic heterocycles. The second-order valence-corrected chi connectivity index (χ2v) is 4.54. The van der Waals surface area contributed by atoms with E-state index < -0.39 is 11.9 Å². The molecule has 0 aliphatic carbocycles. The third kappa shape index (κ3) is 6.74. The number of benzene rings is 1. The summed E-state index contributed by atoms with van der Waals surface area (Å²) in [5, 5.41) is 0. The molecule has 0 aliphatic heterocycles. The molecule has 0 bridgehead atoms. The highest BCUT2D eigenvalue weighted by Gasteiger charge is 2.03. The molecule has 1 rings (SSSR count). The first-order valence-electron chi connectivity index (χ1n) is 6.84. The molecule has 22 heavy (non-hydrogen) atoms. The quantitative estimate of drug-likeness (QED) is 0.420. The molecular weight excluding hydrogens is 284 g/mol. The maximum absolute atomic E-state index is 11.5. The number of carbonyl (C=O) groups excluding carboxylic acids is 2. The van der Waals surface area contributed by atoms with E-state index in [9.17, 15) is 9.59 Å². The van der Waals surface area contributed by atoms with Crippen LogP contribution in [0.15, 0.2) is 42.5 Å².